The Morgan fingerprint density at radius 2 is 2.25 bits per heavy atom. The molecule has 12 heavy (non-hydrogen) atoms. The third-order valence-corrected chi connectivity index (χ3v) is 1.63. The molecule has 1 rings (SSSR count). The van der Waals surface area contributed by atoms with Gasteiger partial charge in [-0.25, -0.2) is 4.79 Å². The minimum atomic E-state index is -0.811. The molecule has 0 aromatic carbocycles. The maximum atomic E-state index is 11.0. The second-order valence-corrected chi connectivity index (χ2v) is 2.45. The van der Waals surface area contributed by atoms with Gasteiger partial charge in [0.15, 0.2) is 5.57 Å². The maximum absolute atomic E-state index is 11.0. The quantitative estimate of drug-likeness (QED) is 0.411. The lowest BCUT2D eigenvalue weighted by molar-refractivity contribution is -0.137. The highest BCUT2D eigenvalue weighted by molar-refractivity contribution is 6.18. The Labute approximate surface area is 69.0 Å². The van der Waals surface area contributed by atoms with Gasteiger partial charge in [-0.1, -0.05) is 0 Å². The fourth-order valence-corrected chi connectivity index (χ4v) is 0.969. The minimum Gasteiger partial charge on any atom is -0.509 e. The molecular weight excluding hydrogens is 162 g/mol. The van der Waals surface area contributed by atoms with Gasteiger partial charge >= 0.3 is 5.97 Å². The molecule has 1 unspecified atom stereocenters. The highest BCUT2D eigenvalue weighted by Gasteiger charge is 2.34. The van der Waals surface area contributed by atoms with Crippen molar-refractivity contribution < 1.29 is 19.4 Å². The summed E-state index contributed by atoms with van der Waals surface area (Å²) in [6.45, 7) is 1.57. The van der Waals surface area contributed by atoms with E-state index in [1.165, 1.54) is 0 Å². The molecule has 1 amide bonds. The molecule has 1 heterocycles. The van der Waals surface area contributed by atoms with E-state index in [1.54, 1.807) is 6.92 Å². The number of hydrogen-bond donors (Lipinski definition) is 2. The van der Waals surface area contributed by atoms with Crippen LogP contribution in [0, 0.1) is 0 Å². The van der Waals surface area contributed by atoms with Crippen molar-refractivity contribution in [2.75, 3.05) is 7.11 Å². The number of hydrogen-bond acceptors (Lipinski definition) is 4. The van der Waals surface area contributed by atoms with Crippen LogP contribution in [0.4, 0.5) is 0 Å². The number of amides is 1. The van der Waals surface area contributed by atoms with Gasteiger partial charge < -0.3 is 15.2 Å². The number of ether oxygens (including phenoxy) is 1. The van der Waals surface area contributed by atoms with Crippen molar-refractivity contribution in [1.29, 1.82) is 0 Å². The lowest BCUT2D eigenvalue weighted by atomic mass is 10.2. The number of esters is 1. The van der Waals surface area contributed by atoms with E-state index in [-0.39, 0.29) is 11.3 Å². The van der Waals surface area contributed by atoms with Crippen LogP contribution in [-0.4, -0.2) is 30.1 Å². The van der Waals surface area contributed by atoms with Crippen molar-refractivity contribution in [2.45, 2.75) is 13.0 Å². The molecule has 0 bridgehead atoms. The van der Waals surface area contributed by atoms with Crippen LogP contribution in [0.3, 0.4) is 0 Å². The topological polar surface area (TPSA) is 75.6 Å². The van der Waals surface area contributed by atoms with Crippen molar-refractivity contribution in [3.63, 3.8) is 0 Å². The van der Waals surface area contributed by atoms with Gasteiger partial charge in [-0.3, -0.25) is 4.79 Å². The first-order valence-electron chi connectivity index (χ1n) is 3.40. The van der Waals surface area contributed by atoms with Crippen LogP contribution >= 0.6 is 0 Å². The molecule has 5 heteroatoms. The summed E-state index contributed by atoms with van der Waals surface area (Å²) in [6, 6.07) is -0.508. The third-order valence-electron chi connectivity index (χ3n) is 1.63. The van der Waals surface area contributed by atoms with Crippen molar-refractivity contribution in [3.8, 4) is 0 Å². The Hall–Kier alpha value is -1.52. The highest BCUT2D eigenvalue weighted by atomic mass is 16.5. The molecule has 0 radical (unpaired) electrons. The Morgan fingerprint density at radius 3 is 2.58 bits per heavy atom. The van der Waals surface area contributed by atoms with Gasteiger partial charge in [0.2, 0.25) is 0 Å². The van der Waals surface area contributed by atoms with Crippen LogP contribution < -0.4 is 5.32 Å². The van der Waals surface area contributed by atoms with E-state index in [0.717, 1.165) is 7.11 Å². The summed E-state index contributed by atoms with van der Waals surface area (Å²) >= 11 is 0. The molecule has 1 atom stereocenters. The van der Waals surface area contributed by atoms with E-state index in [4.69, 9.17) is 0 Å². The average Bonchev–Trinajstić information content (AvgIpc) is 2.26. The number of aliphatic hydroxyl groups is 1. The standard InChI is InChI=1S/C7H9NO4/c1-3-5(9)4(6(10)8-3)7(11)12-2/h3,9H,1-2H3,(H,8,10). The first kappa shape index (κ1) is 8.58. The summed E-state index contributed by atoms with van der Waals surface area (Å²) in [7, 11) is 1.15. The van der Waals surface area contributed by atoms with Crippen LogP contribution in [0.15, 0.2) is 11.3 Å². The molecule has 0 saturated heterocycles. The third kappa shape index (κ3) is 1.13. The second-order valence-electron chi connectivity index (χ2n) is 2.45. The zero-order valence-electron chi connectivity index (χ0n) is 6.75. The van der Waals surface area contributed by atoms with Crippen LogP contribution in [0.1, 0.15) is 6.92 Å². The highest BCUT2D eigenvalue weighted by Crippen LogP contribution is 2.15. The number of nitrogens with one attached hydrogen (secondary N) is 1. The molecule has 66 valence electrons. The van der Waals surface area contributed by atoms with Crippen molar-refractivity contribution in [1.82, 2.24) is 5.32 Å². The molecule has 0 saturated carbocycles. The van der Waals surface area contributed by atoms with Crippen molar-refractivity contribution >= 4 is 11.9 Å². The van der Waals surface area contributed by atoms with Gasteiger partial charge in [0.05, 0.1) is 13.2 Å². The predicted molar refractivity (Wildman–Crippen MR) is 39.3 cm³/mol. The number of aliphatic hydroxyl groups excluding tert-OH is 1. The molecule has 0 aliphatic carbocycles. The van der Waals surface area contributed by atoms with Gasteiger partial charge in [-0.05, 0) is 6.92 Å². The molecule has 0 aromatic heterocycles. The van der Waals surface area contributed by atoms with Gasteiger partial charge in [-0.15, -0.1) is 0 Å². The average molecular weight is 171 g/mol. The number of carbonyl (C=O) groups is 2. The summed E-state index contributed by atoms with van der Waals surface area (Å²) in [5.74, 6) is -1.66. The lowest BCUT2D eigenvalue weighted by Crippen LogP contribution is -2.27. The van der Waals surface area contributed by atoms with Crippen LogP contribution in [0.2, 0.25) is 0 Å². The minimum absolute atomic E-state index is 0.258. The molecule has 2 N–H and O–H groups in total. The Kier molecular flexibility index (Phi) is 2.03. The smallest absolute Gasteiger partial charge is 0.347 e. The molecule has 1 aliphatic heterocycles. The zero-order valence-corrected chi connectivity index (χ0v) is 6.75. The molecule has 5 nitrogen and oxygen atoms in total. The molecule has 1 aliphatic rings. The monoisotopic (exact) mass is 171 g/mol. The van der Waals surface area contributed by atoms with Gasteiger partial charge in [-0.2, -0.15) is 0 Å². The van der Waals surface area contributed by atoms with Gasteiger partial charge in [0.25, 0.3) is 5.91 Å². The van der Waals surface area contributed by atoms with E-state index in [0.29, 0.717) is 0 Å². The van der Waals surface area contributed by atoms with E-state index in [1.807, 2.05) is 0 Å². The number of rotatable bonds is 1. The molecule has 0 fully saturated rings. The van der Waals surface area contributed by atoms with Crippen LogP contribution in [0.5, 0.6) is 0 Å². The largest absolute Gasteiger partial charge is 0.509 e. The summed E-state index contributed by atoms with van der Waals surface area (Å²) < 4.78 is 4.31. The van der Waals surface area contributed by atoms with Crippen molar-refractivity contribution in [3.05, 3.63) is 11.3 Å². The fourth-order valence-electron chi connectivity index (χ4n) is 0.969. The van der Waals surface area contributed by atoms with E-state index < -0.39 is 17.9 Å². The number of carbonyl (C=O) groups excluding carboxylic acids is 2. The van der Waals surface area contributed by atoms with E-state index in [2.05, 4.69) is 10.1 Å². The Bertz CT molecular complexity index is 269. The molecule has 0 spiro atoms. The normalized spacial score (nSPS) is 22.5. The number of methoxy groups -OCH3 is 1. The van der Waals surface area contributed by atoms with Crippen LogP contribution in [0.25, 0.3) is 0 Å². The maximum Gasteiger partial charge on any atom is 0.347 e. The van der Waals surface area contributed by atoms with Crippen LogP contribution in [-0.2, 0) is 14.3 Å². The van der Waals surface area contributed by atoms with E-state index in [9.17, 15) is 14.7 Å². The SMILES string of the molecule is COC(=O)C1=C(O)C(C)NC1=O. The molecular formula is C7H9NO4. The Morgan fingerprint density at radius 1 is 1.67 bits per heavy atom. The summed E-state index contributed by atoms with van der Waals surface area (Å²) in [6.07, 6.45) is 0. The Balaban J connectivity index is 3.00. The summed E-state index contributed by atoms with van der Waals surface area (Å²) in [5.41, 5.74) is -0.301. The first-order chi connectivity index (χ1) is 5.57. The second kappa shape index (κ2) is 2.84. The van der Waals surface area contributed by atoms with Gasteiger partial charge in [0, 0.05) is 0 Å². The van der Waals surface area contributed by atoms with Crippen molar-refractivity contribution in [2.24, 2.45) is 0 Å². The van der Waals surface area contributed by atoms with Gasteiger partial charge in [0.1, 0.15) is 5.76 Å². The first-order valence-corrected chi connectivity index (χ1v) is 3.40. The summed E-state index contributed by atoms with van der Waals surface area (Å²) in [4.78, 5) is 21.8. The molecule has 0 aromatic rings. The lowest BCUT2D eigenvalue weighted by Gasteiger charge is -1.99. The van der Waals surface area contributed by atoms with E-state index >= 15 is 0 Å². The predicted octanol–water partition coefficient (Wildman–Crippen LogP) is -0.510. The zero-order chi connectivity index (χ0) is 9.30. The fraction of sp³-hybridized carbons (Fsp3) is 0.429. The summed E-state index contributed by atoms with van der Waals surface area (Å²) in [5, 5.41) is 11.6.